The van der Waals surface area contributed by atoms with Crippen LogP contribution in [0.4, 0.5) is 6.01 Å². The minimum absolute atomic E-state index is 0.193. The van der Waals surface area contributed by atoms with Gasteiger partial charge in [-0.25, -0.2) is 0 Å². The fourth-order valence-electron chi connectivity index (χ4n) is 3.42. The number of ether oxygens (including phenoxy) is 2. The highest BCUT2D eigenvalue weighted by Gasteiger charge is 2.31. The number of aromatic nitrogens is 1. The first-order chi connectivity index (χ1) is 12.2. The second-order valence-corrected chi connectivity index (χ2v) is 6.98. The number of benzene rings is 2. The number of hydrogen-bond acceptors (Lipinski definition) is 5. The minimum Gasteiger partial charge on any atom is -0.497 e. The molecule has 0 amide bonds. The van der Waals surface area contributed by atoms with Crippen LogP contribution < -0.4 is 14.4 Å². The Kier molecular flexibility index (Phi) is 4.29. The molecule has 25 heavy (non-hydrogen) atoms. The molecule has 1 unspecified atom stereocenters. The number of methoxy groups -OCH3 is 2. The topological polar surface area (TPSA) is 47.7 Å². The smallest absolute Gasteiger partial charge is 0.298 e. The zero-order chi connectivity index (χ0) is 17.4. The van der Waals surface area contributed by atoms with Crippen molar-refractivity contribution in [2.45, 2.75) is 18.9 Å². The lowest BCUT2D eigenvalue weighted by Crippen LogP contribution is -2.23. The lowest BCUT2D eigenvalue weighted by atomic mass is 10.0. The second-order valence-electron chi connectivity index (χ2n) is 6.07. The number of rotatable bonds is 4. The van der Waals surface area contributed by atoms with E-state index in [1.54, 1.807) is 14.2 Å². The average molecular weight is 403 g/mol. The average Bonchev–Trinajstić information content (AvgIpc) is 3.27. The first-order valence-electron chi connectivity index (χ1n) is 8.24. The van der Waals surface area contributed by atoms with E-state index in [1.807, 2.05) is 30.3 Å². The summed E-state index contributed by atoms with van der Waals surface area (Å²) in [5.74, 6) is 1.66. The molecule has 5 nitrogen and oxygen atoms in total. The zero-order valence-electron chi connectivity index (χ0n) is 14.2. The zero-order valence-corrected chi connectivity index (χ0v) is 15.7. The molecule has 1 fully saturated rings. The van der Waals surface area contributed by atoms with E-state index >= 15 is 0 Å². The minimum atomic E-state index is 0.193. The summed E-state index contributed by atoms with van der Waals surface area (Å²) in [5.41, 5.74) is 2.73. The fourth-order valence-corrected chi connectivity index (χ4v) is 3.76. The van der Waals surface area contributed by atoms with Crippen LogP contribution in [-0.2, 0) is 0 Å². The maximum Gasteiger partial charge on any atom is 0.298 e. The summed E-state index contributed by atoms with van der Waals surface area (Å²) < 4.78 is 17.9. The fraction of sp³-hybridized carbons (Fsp3) is 0.316. The highest BCUT2D eigenvalue weighted by molar-refractivity contribution is 9.10. The highest BCUT2D eigenvalue weighted by atomic mass is 79.9. The van der Waals surface area contributed by atoms with Gasteiger partial charge in [0.25, 0.3) is 6.01 Å². The molecule has 4 rings (SSSR count). The predicted molar refractivity (Wildman–Crippen MR) is 101 cm³/mol. The van der Waals surface area contributed by atoms with Gasteiger partial charge in [-0.05, 0) is 37.1 Å². The van der Waals surface area contributed by atoms with Gasteiger partial charge in [0.15, 0.2) is 5.58 Å². The predicted octanol–water partition coefficient (Wildman–Crippen LogP) is 4.95. The van der Waals surface area contributed by atoms with E-state index in [9.17, 15) is 0 Å². The van der Waals surface area contributed by atoms with Crippen LogP contribution in [0.25, 0.3) is 11.1 Å². The molecule has 1 aromatic heterocycles. The van der Waals surface area contributed by atoms with E-state index in [4.69, 9.17) is 13.9 Å². The van der Waals surface area contributed by atoms with Gasteiger partial charge in [0, 0.05) is 22.6 Å². The van der Waals surface area contributed by atoms with Crippen molar-refractivity contribution in [1.29, 1.82) is 0 Å². The molecule has 0 N–H and O–H groups in total. The van der Waals surface area contributed by atoms with Crippen molar-refractivity contribution in [1.82, 2.24) is 4.98 Å². The first kappa shape index (κ1) is 16.3. The van der Waals surface area contributed by atoms with E-state index in [-0.39, 0.29) is 6.04 Å². The molecule has 0 radical (unpaired) electrons. The quantitative estimate of drug-likeness (QED) is 0.617. The number of fused-ring (bicyclic) bond motifs is 1. The number of nitrogens with zero attached hydrogens (tertiary/aromatic N) is 2. The lowest BCUT2D eigenvalue weighted by Gasteiger charge is -2.24. The van der Waals surface area contributed by atoms with E-state index in [0.29, 0.717) is 6.01 Å². The van der Waals surface area contributed by atoms with Crippen molar-refractivity contribution in [3.63, 3.8) is 0 Å². The van der Waals surface area contributed by atoms with Crippen molar-refractivity contribution in [2.75, 3.05) is 25.7 Å². The molecule has 0 spiro atoms. The molecule has 2 aromatic carbocycles. The molecular weight excluding hydrogens is 384 g/mol. The third-order valence-electron chi connectivity index (χ3n) is 4.64. The molecule has 0 saturated carbocycles. The SMILES string of the molecule is COc1ccc2oc(N3CCCC3c3ccc(Br)cc3OC)nc2c1. The van der Waals surface area contributed by atoms with Gasteiger partial charge in [-0.1, -0.05) is 22.0 Å². The Balaban J connectivity index is 1.72. The number of hydrogen-bond donors (Lipinski definition) is 0. The standard InChI is InChI=1S/C19H19BrN2O3/c1-23-13-6-8-17-15(11-13)21-19(25-17)22-9-3-4-16(22)14-7-5-12(20)10-18(14)24-2/h5-8,10-11,16H,3-4,9H2,1-2H3. The number of halogens is 1. The normalized spacial score (nSPS) is 17.2. The lowest BCUT2D eigenvalue weighted by molar-refractivity contribution is 0.404. The molecule has 1 aliphatic heterocycles. The van der Waals surface area contributed by atoms with Crippen LogP contribution in [0.5, 0.6) is 11.5 Å². The van der Waals surface area contributed by atoms with E-state index in [1.165, 1.54) is 0 Å². The van der Waals surface area contributed by atoms with Crippen molar-refractivity contribution in [3.8, 4) is 11.5 Å². The van der Waals surface area contributed by atoms with Crippen LogP contribution in [0.3, 0.4) is 0 Å². The summed E-state index contributed by atoms with van der Waals surface area (Å²) in [7, 11) is 3.36. The van der Waals surface area contributed by atoms with Gasteiger partial charge >= 0.3 is 0 Å². The first-order valence-corrected chi connectivity index (χ1v) is 9.03. The van der Waals surface area contributed by atoms with Crippen LogP contribution in [0.15, 0.2) is 45.3 Å². The van der Waals surface area contributed by atoms with Crippen molar-refractivity contribution in [2.24, 2.45) is 0 Å². The molecule has 1 aliphatic rings. The van der Waals surface area contributed by atoms with Gasteiger partial charge < -0.3 is 18.8 Å². The third kappa shape index (κ3) is 2.95. The number of oxazole rings is 1. The van der Waals surface area contributed by atoms with Gasteiger partial charge in [-0.3, -0.25) is 0 Å². The van der Waals surface area contributed by atoms with Crippen LogP contribution >= 0.6 is 15.9 Å². The van der Waals surface area contributed by atoms with Gasteiger partial charge in [0.1, 0.15) is 17.0 Å². The molecule has 130 valence electrons. The maximum atomic E-state index is 6.01. The Morgan fingerprint density at radius 1 is 1.16 bits per heavy atom. The Hall–Kier alpha value is -2.21. The Labute approximate surface area is 154 Å². The highest BCUT2D eigenvalue weighted by Crippen LogP contribution is 2.41. The van der Waals surface area contributed by atoms with Crippen LogP contribution in [0.1, 0.15) is 24.4 Å². The molecule has 3 aromatic rings. The van der Waals surface area contributed by atoms with Crippen LogP contribution in [0, 0.1) is 0 Å². The maximum absolute atomic E-state index is 6.01. The molecule has 1 saturated heterocycles. The van der Waals surface area contributed by atoms with Crippen molar-refractivity contribution in [3.05, 3.63) is 46.4 Å². The Morgan fingerprint density at radius 3 is 2.84 bits per heavy atom. The molecule has 1 atom stereocenters. The Morgan fingerprint density at radius 2 is 2.04 bits per heavy atom. The van der Waals surface area contributed by atoms with E-state index < -0.39 is 0 Å². The summed E-state index contributed by atoms with van der Waals surface area (Å²) in [5, 5.41) is 0. The van der Waals surface area contributed by atoms with Crippen LogP contribution in [-0.4, -0.2) is 25.7 Å². The van der Waals surface area contributed by atoms with Gasteiger partial charge in [-0.2, -0.15) is 4.98 Å². The van der Waals surface area contributed by atoms with Gasteiger partial charge in [0.05, 0.1) is 20.3 Å². The number of anilines is 1. The van der Waals surface area contributed by atoms with Crippen molar-refractivity contribution >= 4 is 33.0 Å². The molecule has 6 heteroatoms. The van der Waals surface area contributed by atoms with Crippen LogP contribution in [0.2, 0.25) is 0 Å². The summed E-state index contributed by atoms with van der Waals surface area (Å²) in [6.07, 6.45) is 2.13. The monoisotopic (exact) mass is 402 g/mol. The molecule has 2 heterocycles. The van der Waals surface area contributed by atoms with E-state index in [2.05, 4.69) is 31.9 Å². The Bertz CT molecular complexity index is 909. The molecular formula is C19H19BrN2O3. The van der Waals surface area contributed by atoms with Gasteiger partial charge in [0.2, 0.25) is 0 Å². The summed E-state index contributed by atoms with van der Waals surface area (Å²) >= 11 is 3.51. The third-order valence-corrected chi connectivity index (χ3v) is 5.13. The van der Waals surface area contributed by atoms with Crippen molar-refractivity contribution < 1.29 is 13.9 Å². The second kappa shape index (κ2) is 6.59. The summed E-state index contributed by atoms with van der Waals surface area (Å²) in [4.78, 5) is 6.90. The largest absolute Gasteiger partial charge is 0.497 e. The summed E-state index contributed by atoms with van der Waals surface area (Å²) in [6, 6.07) is 12.7. The molecule has 0 bridgehead atoms. The summed E-state index contributed by atoms with van der Waals surface area (Å²) in [6.45, 7) is 0.911. The van der Waals surface area contributed by atoms with Gasteiger partial charge in [-0.15, -0.1) is 0 Å². The molecule has 0 aliphatic carbocycles. The van der Waals surface area contributed by atoms with E-state index in [0.717, 1.165) is 52.0 Å².